The highest BCUT2D eigenvalue weighted by Crippen LogP contribution is 2.21. The third-order valence-corrected chi connectivity index (χ3v) is 8.04. The van der Waals surface area contributed by atoms with Gasteiger partial charge in [-0.15, -0.1) is 0 Å². The Hall–Kier alpha value is -0.530. The van der Waals surface area contributed by atoms with E-state index in [2.05, 4.69) is 27.7 Å². The van der Waals surface area contributed by atoms with Crippen LogP contribution in [0, 0.1) is 11.8 Å². The van der Waals surface area contributed by atoms with Crippen LogP contribution in [0.5, 0.6) is 0 Å². The SMILES string of the molecule is CCCCCCCCCCCCC(C)C(=O)OCC(CCCCCCC)CCCCCCCCCC. The summed E-state index contributed by atoms with van der Waals surface area (Å²) in [4.78, 5) is 12.6. The monoisotopic (exact) mass is 509 g/mol. The van der Waals surface area contributed by atoms with Crippen LogP contribution in [0.1, 0.15) is 195 Å². The fraction of sp³-hybridized carbons (Fsp3) is 0.971. The molecule has 0 aromatic rings. The predicted molar refractivity (Wildman–Crippen MR) is 161 cm³/mol. The van der Waals surface area contributed by atoms with Gasteiger partial charge in [0.1, 0.15) is 0 Å². The molecule has 0 rings (SSSR count). The molecule has 2 heteroatoms. The first-order valence-corrected chi connectivity index (χ1v) is 16.8. The minimum Gasteiger partial charge on any atom is -0.465 e. The van der Waals surface area contributed by atoms with Crippen LogP contribution in [0.25, 0.3) is 0 Å². The van der Waals surface area contributed by atoms with Crippen LogP contribution in [0.2, 0.25) is 0 Å². The number of carbonyl (C=O) groups excluding carboxylic acids is 1. The van der Waals surface area contributed by atoms with Crippen molar-refractivity contribution in [2.45, 2.75) is 195 Å². The summed E-state index contributed by atoms with van der Waals surface area (Å²) in [6, 6.07) is 0. The standard InChI is InChI=1S/C34H68O2/c1-5-8-11-14-16-18-19-20-23-25-28-32(4)34(35)36-31-33(29-26-22-13-10-7-3)30-27-24-21-17-15-12-9-6-2/h32-33H,5-31H2,1-4H3. The number of hydrogen-bond acceptors (Lipinski definition) is 2. The number of carbonyl (C=O) groups is 1. The van der Waals surface area contributed by atoms with E-state index in [0.29, 0.717) is 12.5 Å². The fourth-order valence-corrected chi connectivity index (χ4v) is 5.31. The molecule has 2 nitrogen and oxygen atoms in total. The molecular weight excluding hydrogens is 440 g/mol. The second-order valence-corrected chi connectivity index (χ2v) is 11.8. The summed E-state index contributed by atoms with van der Waals surface area (Å²) in [7, 11) is 0. The number of unbranched alkanes of at least 4 members (excludes halogenated alkanes) is 20. The molecular formula is C34H68O2. The van der Waals surface area contributed by atoms with Crippen LogP contribution in [-0.2, 0) is 9.53 Å². The predicted octanol–water partition coefficient (Wildman–Crippen LogP) is 12.0. The second kappa shape index (κ2) is 29.0. The van der Waals surface area contributed by atoms with E-state index in [1.807, 2.05) is 0 Å². The van der Waals surface area contributed by atoms with E-state index in [0.717, 1.165) is 6.42 Å². The molecule has 0 saturated heterocycles. The molecule has 0 aliphatic carbocycles. The van der Waals surface area contributed by atoms with Gasteiger partial charge in [0, 0.05) is 0 Å². The average Bonchev–Trinajstić information content (AvgIpc) is 2.88. The molecule has 0 radical (unpaired) electrons. The van der Waals surface area contributed by atoms with Gasteiger partial charge in [-0.25, -0.2) is 0 Å². The maximum absolute atomic E-state index is 12.6. The molecule has 0 amide bonds. The van der Waals surface area contributed by atoms with Crippen molar-refractivity contribution in [2.75, 3.05) is 6.61 Å². The van der Waals surface area contributed by atoms with E-state index in [1.54, 1.807) is 0 Å². The van der Waals surface area contributed by atoms with E-state index >= 15 is 0 Å². The largest absolute Gasteiger partial charge is 0.465 e. The van der Waals surface area contributed by atoms with Crippen LogP contribution >= 0.6 is 0 Å². The first kappa shape index (κ1) is 35.5. The van der Waals surface area contributed by atoms with E-state index in [1.165, 1.54) is 161 Å². The summed E-state index contributed by atoms with van der Waals surface area (Å²) in [5.41, 5.74) is 0. The zero-order chi connectivity index (χ0) is 26.5. The van der Waals surface area contributed by atoms with Crippen molar-refractivity contribution in [1.82, 2.24) is 0 Å². The summed E-state index contributed by atoms with van der Waals surface area (Å²) < 4.78 is 5.87. The van der Waals surface area contributed by atoms with Gasteiger partial charge in [0.2, 0.25) is 0 Å². The van der Waals surface area contributed by atoms with Gasteiger partial charge in [0.05, 0.1) is 12.5 Å². The van der Waals surface area contributed by atoms with Crippen LogP contribution in [0.4, 0.5) is 0 Å². The Labute approximate surface area is 228 Å². The lowest BCUT2D eigenvalue weighted by Crippen LogP contribution is -2.20. The number of rotatable bonds is 29. The van der Waals surface area contributed by atoms with Gasteiger partial charge >= 0.3 is 5.97 Å². The lowest BCUT2D eigenvalue weighted by atomic mass is 9.94. The summed E-state index contributed by atoms with van der Waals surface area (Å²) in [5.74, 6) is 0.686. The van der Waals surface area contributed by atoms with Crippen LogP contribution in [0.3, 0.4) is 0 Å². The molecule has 0 aromatic carbocycles. The molecule has 0 aliphatic heterocycles. The van der Waals surface area contributed by atoms with E-state index in [9.17, 15) is 4.79 Å². The molecule has 0 heterocycles. The van der Waals surface area contributed by atoms with Gasteiger partial charge in [-0.2, -0.15) is 0 Å². The molecule has 216 valence electrons. The lowest BCUT2D eigenvalue weighted by molar-refractivity contribution is -0.149. The summed E-state index contributed by atoms with van der Waals surface area (Å²) in [6.45, 7) is 9.58. The average molecular weight is 509 g/mol. The van der Waals surface area contributed by atoms with Crippen molar-refractivity contribution < 1.29 is 9.53 Å². The van der Waals surface area contributed by atoms with E-state index < -0.39 is 0 Å². The summed E-state index contributed by atoms with van der Waals surface area (Å²) >= 11 is 0. The summed E-state index contributed by atoms with van der Waals surface area (Å²) in [6.07, 6.45) is 34.6. The second-order valence-electron chi connectivity index (χ2n) is 11.8. The number of esters is 1. The highest BCUT2D eigenvalue weighted by molar-refractivity contribution is 5.71. The van der Waals surface area contributed by atoms with E-state index in [4.69, 9.17) is 4.74 Å². The van der Waals surface area contributed by atoms with Gasteiger partial charge in [-0.3, -0.25) is 4.79 Å². The van der Waals surface area contributed by atoms with Gasteiger partial charge in [0.15, 0.2) is 0 Å². The van der Waals surface area contributed by atoms with Crippen molar-refractivity contribution in [3.8, 4) is 0 Å². The maximum atomic E-state index is 12.6. The first-order valence-electron chi connectivity index (χ1n) is 16.8. The van der Waals surface area contributed by atoms with Crippen LogP contribution in [0.15, 0.2) is 0 Å². The molecule has 0 saturated carbocycles. The molecule has 0 fully saturated rings. The third kappa shape index (κ3) is 25.1. The Morgan fingerprint density at radius 2 is 0.778 bits per heavy atom. The summed E-state index contributed by atoms with van der Waals surface area (Å²) in [5, 5.41) is 0. The first-order chi connectivity index (χ1) is 17.7. The molecule has 0 bridgehead atoms. The van der Waals surface area contributed by atoms with E-state index in [-0.39, 0.29) is 11.9 Å². The zero-order valence-corrected chi connectivity index (χ0v) is 25.6. The maximum Gasteiger partial charge on any atom is 0.308 e. The molecule has 2 atom stereocenters. The fourth-order valence-electron chi connectivity index (χ4n) is 5.31. The van der Waals surface area contributed by atoms with Crippen LogP contribution in [-0.4, -0.2) is 12.6 Å². The smallest absolute Gasteiger partial charge is 0.308 e. The van der Waals surface area contributed by atoms with Gasteiger partial charge < -0.3 is 4.74 Å². The minimum atomic E-state index is 0.0535. The normalized spacial score (nSPS) is 13.1. The number of ether oxygens (including phenoxy) is 1. The lowest BCUT2D eigenvalue weighted by Gasteiger charge is -2.19. The Kier molecular flexibility index (Phi) is 28.6. The van der Waals surface area contributed by atoms with Crippen molar-refractivity contribution in [1.29, 1.82) is 0 Å². The van der Waals surface area contributed by atoms with Crippen LogP contribution < -0.4 is 0 Å². The van der Waals surface area contributed by atoms with Crippen molar-refractivity contribution in [3.05, 3.63) is 0 Å². The van der Waals surface area contributed by atoms with Crippen molar-refractivity contribution in [3.63, 3.8) is 0 Å². The van der Waals surface area contributed by atoms with Crippen molar-refractivity contribution in [2.24, 2.45) is 11.8 Å². The van der Waals surface area contributed by atoms with Gasteiger partial charge in [-0.1, -0.05) is 175 Å². The molecule has 0 spiro atoms. The van der Waals surface area contributed by atoms with Crippen molar-refractivity contribution >= 4 is 5.97 Å². The molecule has 0 aromatic heterocycles. The third-order valence-electron chi connectivity index (χ3n) is 8.04. The molecule has 0 N–H and O–H groups in total. The quantitative estimate of drug-likeness (QED) is 0.0741. The Balaban J connectivity index is 4.02. The topological polar surface area (TPSA) is 26.3 Å². The molecule has 36 heavy (non-hydrogen) atoms. The highest BCUT2D eigenvalue weighted by Gasteiger charge is 2.17. The zero-order valence-electron chi connectivity index (χ0n) is 25.6. The van der Waals surface area contributed by atoms with Gasteiger partial charge in [-0.05, 0) is 25.2 Å². The number of hydrogen-bond donors (Lipinski definition) is 0. The molecule has 0 aliphatic rings. The highest BCUT2D eigenvalue weighted by atomic mass is 16.5. The molecule has 2 unspecified atom stereocenters. The Bertz CT molecular complexity index is 433. The Morgan fingerprint density at radius 3 is 1.14 bits per heavy atom. The minimum absolute atomic E-state index is 0.0535. The van der Waals surface area contributed by atoms with Gasteiger partial charge in [0.25, 0.3) is 0 Å². The Morgan fingerprint density at radius 1 is 0.472 bits per heavy atom.